The molecule has 9 unspecified atom stereocenters. The summed E-state index contributed by atoms with van der Waals surface area (Å²) < 4.78 is 10.9. The second-order valence-corrected chi connectivity index (χ2v) is 13.3. The Balaban J connectivity index is 2.40. The van der Waals surface area contributed by atoms with Crippen LogP contribution in [0.2, 0.25) is 0 Å². The second kappa shape index (κ2) is 27.6. The summed E-state index contributed by atoms with van der Waals surface area (Å²) in [7, 11) is 0. The fourth-order valence-electron chi connectivity index (χ4n) is 5.84. The maximum atomic E-state index is 12.8. The quantitative estimate of drug-likeness (QED) is 0.0428. The summed E-state index contributed by atoms with van der Waals surface area (Å²) in [5, 5.41) is 74.3. The predicted molar refractivity (Wildman–Crippen MR) is 182 cm³/mol. The summed E-state index contributed by atoms with van der Waals surface area (Å²) in [4.78, 5) is 12.8. The fraction of sp³-hybridized carbons (Fsp3) is 0.917. The van der Waals surface area contributed by atoms with Crippen molar-refractivity contribution >= 4 is 5.91 Å². The molecule has 8 N–H and O–H groups in total. The second-order valence-electron chi connectivity index (χ2n) is 13.3. The first-order chi connectivity index (χ1) is 22.7. The number of amides is 1. The number of aliphatic hydroxyl groups is 7. The molecular weight excluding hydrogens is 606 g/mol. The van der Waals surface area contributed by atoms with Gasteiger partial charge in [0.2, 0.25) is 5.91 Å². The van der Waals surface area contributed by atoms with Crippen LogP contribution in [0.4, 0.5) is 0 Å². The molecule has 0 aromatic heterocycles. The maximum absolute atomic E-state index is 12.8. The normalized spacial score (nSPS) is 24.3. The summed E-state index contributed by atoms with van der Waals surface area (Å²) in [6.45, 7) is 3.20. The molecule has 0 aromatic carbocycles. The molecule has 1 aliphatic rings. The average molecular weight is 676 g/mol. The molecule has 0 bridgehead atoms. The van der Waals surface area contributed by atoms with Crippen LogP contribution >= 0.6 is 0 Å². The Morgan fingerprint density at radius 3 is 1.81 bits per heavy atom. The molecule has 0 saturated carbocycles. The van der Waals surface area contributed by atoms with Crippen LogP contribution in [0.5, 0.6) is 0 Å². The van der Waals surface area contributed by atoms with Crippen molar-refractivity contribution in [2.75, 3.05) is 13.2 Å². The van der Waals surface area contributed by atoms with Crippen molar-refractivity contribution in [3.8, 4) is 0 Å². The number of rotatable bonds is 29. The lowest BCUT2D eigenvalue weighted by atomic mass is 9.98. The smallest absolute Gasteiger partial charge is 0.249 e. The van der Waals surface area contributed by atoms with Gasteiger partial charge in [0, 0.05) is 0 Å². The van der Waals surface area contributed by atoms with Crippen molar-refractivity contribution in [1.82, 2.24) is 5.32 Å². The Hall–Kier alpha value is -1.15. The third kappa shape index (κ3) is 19.0. The molecule has 47 heavy (non-hydrogen) atoms. The topological polar surface area (TPSA) is 189 Å². The van der Waals surface area contributed by atoms with E-state index in [0.717, 1.165) is 44.9 Å². The van der Waals surface area contributed by atoms with Gasteiger partial charge in [0.1, 0.15) is 36.6 Å². The van der Waals surface area contributed by atoms with Gasteiger partial charge in [0.15, 0.2) is 6.29 Å². The number of hydrogen-bond acceptors (Lipinski definition) is 10. The molecule has 278 valence electrons. The zero-order chi connectivity index (χ0) is 34.9. The molecule has 1 heterocycles. The molecule has 0 spiro atoms. The van der Waals surface area contributed by atoms with Crippen LogP contribution in [0.25, 0.3) is 0 Å². The number of ether oxygens (including phenoxy) is 2. The maximum Gasteiger partial charge on any atom is 0.249 e. The highest BCUT2D eigenvalue weighted by Gasteiger charge is 2.44. The van der Waals surface area contributed by atoms with Crippen LogP contribution < -0.4 is 5.32 Å². The minimum absolute atomic E-state index is 0.246. The van der Waals surface area contributed by atoms with Crippen molar-refractivity contribution < 1.29 is 50.0 Å². The molecule has 0 aromatic rings. The highest BCUT2D eigenvalue weighted by molar-refractivity contribution is 5.80. The Morgan fingerprint density at radius 2 is 1.23 bits per heavy atom. The zero-order valence-electron chi connectivity index (χ0n) is 29.3. The lowest BCUT2D eigenvalue weighted by Crippen LogP contribution is -2.60. The van der Waals surface area contributed by atoms with Crippen LogP contribution in [-0.4, -0.2) is 110 Å². The van der Waals surface area contributed by atoms with Crippen molar-refractivity contribution in [2.24, 2.45) is 0 Å². The highest BCUT2D eigenvalue weighted by atomic mass is 16.7. The lowest BCUT2D eigenvalue weighted by Gasteiger charge is -2.40. The van der Waals surface area contributed by atoms with Crippen molar-refractivity contribution in [3.05, 3.63) is 12.2 Å². The SMILES string of the molecule is CCCCCCCCCCC/C=C\CCCCCCC(O)C(=O)NC(COC1OC(CO)C(O)C(O)C1O)C(O)C(O)CCCCC. The molecule has 1 saturated heterocycles. The third-order valence-electron chi connectivity index (χ3n) is 9.07. The van der Waals surface area contributed by atoms with Gasteiger partial charge in [0.25, 0.3) is 0 Å². The summed E-state index contributed by atoms with van der Waals surface area (Å²) in [5.74, 6) is -0.716. The van der Waals surface area contributed by atoms with Crippen LogP contribution in [0, 0.1) is 0 Å². The van der Waals surface area contributed by atoms with Crippen molar-refractivity contribution in [3.63, 3.8) is 0 Å². The molecule has 11 heteroatoms. The molecule has 11 nitrogen and oxygen atoms in total. The summed E-state index contributed by atoms with van der Waals surface area (Å²) in [6, 6.07) is -1.16. The molecule has 1 amide bonds. The summed E-state index contributed by atoms with van der Waals surface area (Å²) in [6.07, 6.45) is 13.8. The molecule has 1 rings (SSSR count). The van der Waals surface area contributed by atoms with Crippen LogP contribution in [0.3, 0.4) is 0 Å². The number of nitrogens with one attached hydrogen (secondary N) is 1. The Labute approximate surface area is 283 Å². The van der Waals surface area contributed by atoms with Gasteiger partial charge in [0.05, 0.1) is 25.4 Å². The summed E-state index contributed by atoms with van der Waals surface area (Å²) >= 11 is 0. The molecular formula is C36H69NO10. The summed E-state index contributed by atoms with van der Waals surface area (Å²) in [5.41, 5.74) is 0. The zero-order valence-corrected chi connectivity index (χ0v) is 29.3. The van der Waals surface area contributed by atoms with Crippen LogP contribution in [0.1, 0.15) is 142 Å². The van der Waals surface area contributed by atoms with Gasteiger partial charge in [-0.3, -0.25) is 4.79 Å². The van der Waals surface area contributed by atoms with Crippen molar-refractivity contribution in [1.29, 1.82) is 0 Å². The molecule has 9 atom stereocenters. The average Bonchev–Trinajstić information content (AvgIpc) is 3.07. The van der Waals surface area contributed by atoms with E-state index in [1.54, 1.807) is 0 Å². The Morgan fingerprint density at radius 1 is 0.723 bits per heavy atom. The Bertz CT molecular complexity index is 785. The van der Waals surface area contributed by atoms with Gasteiger partial charge in [-0.2, -0.15) is 0 Å². The number of unbranched alkanes of at least 4 members (excludes halogenated alkanes) is 15. The van der Waals surface area contributed by atoms with Gasteiger partial charge < -0.3 is 50.5 Å². The highest BCUT2D eigenvalue weighted by Crippen LogP contribution is 2.23. The van der Waals surface area contributed by atoms with Gasteiger partial charge in [-0.15, -0.1) is 0 Å². The first-order valence-electron chi connectivity index (χ1n) is 18.6. The number of allylic oxidation sites excluding steroid dienone is 2. The molecule has 0 radical (unpaired) electrons. The predicted octanol–water partition coefficient (Wildman–Crippen LogP) is 3.77. The van der Waals surface area contributed by atoms with Gasteiger partial charge in [-0.1, -0.05) is 116 Å². The standard InChI is InChI=1S/C36H69NO10/c1-3-5-7-8-9-10-11-12-13-14-15-16-17-18-19-20-22-24-29(40)35(45)37-27(31(41)28(39)23-21-6-4-2)26-46-36-34(44)33(43)32(42)30(25-38)47-36/h15-16,27-34,36,38-44H,3-14,17-26H2,1-2H3,(H,37,45)/b16-15-. The monoisotopic (exact) mass is 675 g/mol. The number of aliphatic hydroxyl groups excluding tert-OH is 7. The third-order valence-corrected chi connectivity index (χ3v) is 9.07. The van der Waals surface area contributed by atoms with Gasteiger partial charge >= 0.3 is 0 Å². The van der Waals surface area contributed by atoms with E-state index in [4.69, 9.17) is 9.47 Å². The minimum Gasteiger partial charge on any atom is -0.394 e. The van der Waals surface area contributed by atoms with E-state index in [2.05, 4.69) is 24.4 Å². The van der Waals surface area contributed by atoms with Gasteiger partial charge in [-0.25, -0.2) is 0 Å². The van der Waals surface area contributed by atoms with E-state index < -0.39 is 74.2 Å². The van der Waals surface area contributed by atoms with E-state index in [-0.39, 0.29) is 6.42 Å². The number of hydrogen-bond donors (Lipinski definition) is 8. The van der Waals surface area contributed by atoms with E-state index in [1.165, 1.54) is 57.8 Å². The van der Waals surface area contributed by atoms with E-state index in [9.17, 15) is 40.5 Å². The first-order valence-corrected chi connectivity index (χ1v) is 18.6. The van der Waals surface area contributed by atoms with E-state index >= 15 is 0 Å². The van der Waals surface area contributed by atoms with Gasteiger partial charge in [-0.05, 0) is 38.5 Å². The first kappa shape index (κ1) is 43.9. The molecule has 1 fully saturated rings. The largest absolute Gasteiger partial charge is 0.394 e. The minimum atomic E-state index is -1.66. The van der Waals surface area contributed by atoms with E-state index in [1.807, 2.05) is 6.92 Å². The Kier molecular flexibility index (Phi) is 25.8. The lowest BCUT2D eigenvalue weighted by molar-refractivity contribution is -0.303. The number of carbonyl (C=O) groups excluding carboxylic acids is 1. The fourth-order valence-corrected chi connectivity index (χ4v) is 5.84. The van der Waals surface area contributed by atoms with E-state index in [0.29, 0.717) is 19.3 Å². The number of carbonyl (C=O) groups is 1. The van der Waals surface area contributed by atoms with Crippen molar-refractivity contribution in [2.45, 2.75) is 197 Å². The van der Waals surface area contributed by atoms with Crippen LogP contribution in [-0.2, 0) is 14.3 Å². The molecule has 0 aliphatic carbocycles. The molecule has 1 aliphatic heterocycles. The van der Waals surface area contributed by atoms with Crippen LogP contribution in [0.15, 0.2) is 12.2 Å².